The van der Waals surface area contributed by atoms with Crippen LogP contribution in [0.5, 0.6) is 0 Å². The summed E-state index contributed by atoms with van der Waals surface area (Å²) in [5.41, 5.74) is 6.38. The molecule has 1 aromatic rings. The number of aliphatic hydroxyl groups is 1. The van der Waals surface area contributed by atoms with Gasteiger partial charge in [0, 0.05) is 39.6 Å². The van der Waals surface area contributed by atoms with Crippen molar-refractivity contribution in [3.05, 3.63) is 11.4 Å². The van der Waals surface area contributed by atoms with E-state index in [0.717, 1.165) is 5.69 Å². The van der Waals surface area contributed by atoms with Crippen molar-refractivity contribution in [2.24, 2.45) is 0 Å². The third-order valence-corrected chi connectivity index (χ3v) is 3.74. The van der Waals surface area contributed by atoms with Crippen molar-refractivity contribution in [1.29, 1.82) is 0 Å². The van der Waals surface area contributed by atoms with Crippen LogP contribution in [-0.2, 0) is 11.2 Å². The summed E-state index contributed by atoms with van der Waals surface area (Å²) in [6.07, 6.45) is 1.75. The molecule has 2 rings (SSSR count). The maximum absolute atomic E-state index is 12.3. The second-order valence-corrected chi connectivity index (χ2v) is 5.32. The smallest absolute Gasteiger partial charge is 0.276 e. The summed E-state index contributed by atoms with van der Waals surface area (Å²) in [6, 6.07) is 0. The minimum atomic E-state index is -0.888. The topological polar surface area (TPSA) is 104 Å². The number of nitrogens with two attached hydrogens (primary N) is 1. The average Bonchev–Trinajstić information content (AvgIpc) is 2.79. The highest BCUT2D eigenvalue weighted by molar-refractivity contribution is 5.97. The molecule has 0 radical (unpaired) electrons. The van der Waals surface area contributed by atoms with E-state index in [2.05, 4.69) is 10.2 Å². The Kier molecular flexibility index (Phi) is 4.29. The Balaban J connectivity index is 2.06. The van der Waals surface area contributed by atoms with Gasteiger partial charge in [0.25, 0.3) is 5.91 Å². The van der Waals surface area contributed by atoms with Crippen LogP contribution in [-0.4, -0.2) is 58.5 Å². The van der Waals surface area contributed by atoms with E-state index in [1.165, 1.54) is 4.90 Å². The number of nitrogens with zero attached hydrogens (tertiary/aromatic N) is 2. The number of amides is 1. The number of carbonyl (C=O) groups excluding carboxylic acids is 1. The SMILES string of the molecule is CCc1[nH]nc(C(=O)N(C)CC2(O)CCOCC2)c1N. The fourth-order valence-electron chi connectivity index (χ4n) is 2.42. The van der Waals surface area contributed by atoms with Gasteiger partial charge in [0.15, 0.2) is 5.69 Å². The molecular formula is C13H22N4O3. The molecular weight excluding hydrogens is 260 g/mol. The number of ether oxygens (including phenoxy) is 1. The Bertz CT molecular complexity index is 480. The number of nitrogens with one attached hydrogen (secondary N) is 1. The molecule has 0 spiro atoms. The number of aromatic nitrogens is 2. The highest BCUT2D eigenvalue weighted by atomic mass is 16.5. The number of likely N-dealkylation sites (N-methyl/N-ethyl adjacent to an activating group) is 1. The number of aryl methyl sites for hydroxylation is 1. The van der Waals surface area contributed by atoms with E-state index in [9.17, 15) is 9.90 Å². The number of anilines is 1. The van der Waals surface area contributed by atoms with Gasteiger partial charge in [0.05, 0.1) is 17.0 Å². The van der Waals surface area contributed by atoms with E-state index in [1.807, 2.05) is 6.92 Å². The molecule has 1 aromatic heterocycles. The zero-order valence-electron chi connectivity index (χ0n) is 12.0. The molecule has 1 aliphatic heterocycles. The van der Waals surface area contributed by atoms with Crippen LogP contribution in [0.2, 0.25) is 0 Å². The highest BCUT2D eigenvalue weighted by Gasteiger charge is 2.33. The average molecular weight is 282 g/mol. The van der Waals surface area contributed by atoms with Gasteiger partial charge in [0.1, 0.15) is 0 Å². The molecule has 112 valence electrons. The van der Waals surface area contributed by atoms with Gasteiger partial charge in [-0.05, 0) is 6.42 Å². The Hall–Kier alpha value is -1.60. The van der Waals surface area contributed by atoms with Crippen molar-refractivity contribution >= 4 is 11.6 Å². The Labute approximate surface area is 118 Å². The molecule has 1 amide bonds. The molecule has 1 saturated heterocycles. The Morgan fingerprint density at radius 3 is 2.75 bits per heavy atom. The standard InChI is InChI=1S/C13H22N4O3/c1-3-9-10(14)11(16-15-9)12(18)17(2)8-13(19)4-6-20-7-5-13/h19H,3-8,14H2,1-2H3,(H,15,16). The van der Waals surface area contributed by atoms with Crippen molar-refractivity contribution in [3.8, 4) is 0 Å². The van der Waals surface area contributed by atoms with Crippen LogP contribution in [0.25, 0.3) is 0 Å². The van der Waals surface area contributed by atoms with Crippen LogP contribution < -0.4 is 5.73 Å². The van der Waals surface area contributed by atoms with Gasteiger partial charge in [-0.25, -0.2) is 0 Å². The largest absolute Gasteiger partial charge is 0.395 e. The second-order valence-electron chi connectivity index (χ2n) is 5.32. The number of aromatic amines is 1. The van der Waals surface area contributed by atoms with Crippen LogP contribution in [0.4, 0.5) is 5.69 Å². The van der Waals surface area contributed by atoms with Gasteiger partial charge < -0.3 is 20.5 Å². The van der Waals surface area contributed by atoms with Crippen LogP contribution in [0, 0.1) is 0 Å². The van der Waals surface area contributed by atoms with Crippen molar-refractivity contribution in [3.63, 3.8) is 0 Å². The predicted octanol–water partition coefficient (Wildman–Crippen LogP) is 0.168. The summed E-state index contributed by atoms with van der Waals surface area (Å²) in [7, 11) is 1.65. The van der Waals surface area contributed by atoms with Gasteiger partial charge in [0.2, 0.25) is 0 Å². The number of carbonyl (C=O) groups is 1. The number of hydrogen-bond acceptors (Lipinski definition) is 5. The van der Waals surface area contributed by atoms with Crippen LogP contribution >= 0.6 is 0 Å². The highest BCUT2D eigenvalue weighted by Crippen LogP contribution is 2.23. The molecule has 1 aliphatic rings. The minimum absolute atomic E-state index is 0.222. The first-order valence-electron chi connectivity index (χ1n) is 6.85. The van der Waals surface area contributed by atoms with Crippen molar-refractivity contribution < 1.29 is 14.6 Å². The summed E-state index contributed by atoms with van der Waals surface area (Å²) >= 11 is 0. The summed E-state index contributed by atoms with van der Waals surface area (Å²) in [6.45, 7) is 3.22. The second kappa shape index (κ2) is 5.80. The van der Waals surface area contributed by atoms with E-state index in [0.29, 0.717) is 38.2 Å². The van der Waals surface area contributed by atoms with E-state index in [1.54, 1.807) is 7.05 Å². The minimum Gasteiger partial charge on any atom is -0.395 e. The molecule has 7 nitrogen and oxygen atoms in total. The molecule has 20 heavy (non-hydrogen) atoms. The first kappa shape index (κ1) is 14.8. The number of nitrogen functional groups attached to an aromatic ring is 1. The Morgan fingerprint density at radius 2 is 2.20 bits per heavy atom. The van der Waals surface area contributed by atoms with E-state index in [-0.39, 0.29) is 18.1 Å². The molecule has 0 aromatic carbocycles. The van der Waals surface area contributed by atoms with Crippen molar-refractivity contribution in [1.82, 2.24) is 15.1 Å². The van der Waals surface area contributed by atoms with E-state index < -0.39 is 5.60 Å². The lowest BCUT2D eigenvalue weighted by molar-refractivity contribution is -0.0734. The summed E-state index contributed by atoms with van der Waals surface area (Å²) < 4.78 is 5.23. The summed E-state index contributed by atoms with van der Waals surface area (Å²) in [5.74, 6) is -0.279. The maximum atomic E-state index is 12.3. The predicted molar refractivity (Wildman–Crippen MR) is 74.3 cm³/mol. The third kappa shape index (κ3) is 2.94. The number of rotatable bonds is 4. The molecule has 0 unspecified atom stereocenters. The normalized spacial score (nSPS) is 17.9. The van der Waals surface area contributed by atoms with Gasteiger partial charge in [-0.15, -0.1) is 0 Å². The maximum Gasteiger partial charge on any atom is 0.276 e. The van der Waals surface area contributed by atoms with Crippen molar-refractivity contribution in [2.45, 2.75) is 31.8 Å². The molecule has 0 aliphatic carbocycles. The molecule has 4 N–H and O–H groups in total. The van der Waals surface area contributed by atoms with Gasteiger partial charge in [-0.3, -0.25) is 9.89 Å². The lowest BCUT2D eigenvalue weighted by Gasteiger charge is -2.35. The van der Waals surface area contributed by atoms with Gasteiger partial charge >= 0.3 is 0 Å². The van der Waals surface area contributed by atoms with Gasteiger partial charge in [-0.1, -0.05) is 6.92 Å². The molecule has 0 saturated carbocycles. The monoisotopic (exact) mass is 282 g/mol. The first-order chi connectivity index (χ1) is 9.47. The van der Waals surface area contributed by atoms with Gasteiger partial charge in [-0.2, -0.15) is 5.10 Å². The van der Waals surface area contributed by atoms with E-state index in [4.69, 9.17) is 10.5 Å². The lowest BCUT2D eigenvalue weighted by Crippen LogP contribution is -2.47. The van der Waals surface area contributed by atoms with Crippen LogP contribution in [0.15, 0.2) is 0 Å². The molecule has 2 heterocycles. The summed E-state index contributed by atoms with van der Waals surface area (Å²) in [4.78, 5) is 13.8. The molecule has 0 atom stereocenters. The quantitative estimate of drug-likeness (QED) is 0.730. The first-order valence-corrected chi connectivity index (χ1v) is 6.85. The van der Waals surface area contributed by atoms with Crippen LogP contribution in [0.1, 0.15) is 35.9 Å². The Morgan fingerprint density at radius 1 is 1.55 bits per heavy atom. The van der Waals surface area contributed by atoms with Crippen LogP contribution in [0.3, 0.4) is 0 Å². The van der Waals surface area contributed by atoms with Crippen molar-refractivity contribution in [2.75, 3.05) is 32.5 Å². The van der Waals surface area contributed by atoms with E-state index >= 15 is 0 Å². The molecule has 0 bridgehead atoms. The number of H-pyrrole nitrogens is 1. The zero-order valence-corrected chi connectivity index (χ0v) is 12.0. The third-order valence-electron chi connectivity index (χ3n) is 3.74. The fraction of sp³-hybridized carbons (Fsp3) is 0.692. The lowest BCUT2D eigenvalue weighted by atomic mass is 9.94. The number of hydrogen-bond donors (Lipinski definition) is 3. The summed E-state index contributed by atoms with van der Waals surface area (Å²) in [5, 5.41) is 17.2. The molecule has 7 heteroatoms. The zero-order chi connectivity index (χ0) is 14.8. The molecule has 1 fully saturated rings. The fourth-order valence-corrected chi connectivity index (χ4v) is 2.42.